The molecule has 4 rings (SSSR count). The average molecular weight is 280 g/mol. The molecular formula is C15H24N2O3. The number of nitrogens with one attached hydrogen (secondary N) is 2. The summed E-state index contributed by atoms with van der Waals surface area (Å²) in [6.07, 6.45) is 7.33. The van der Waals surface area contributed by atoms with E-state index in [2.05, 4.69) is 10.6 Å². The number of carbonyl (C=O) groups is 2. The fraction of sp³-hybridized carbons (Fsp3) is 0.867. The van der Waals surface area contributed by atoms with Crippen LogP contribution in [0.2, 0.25) is 0 Å². The van der Waals surface area contributed by atoms with Crippen LogP contribution in [-0.4, -0.2) is 28.7 Å². The molecule has 0 spiro atoms. The first-order valence-electron chi connectivity index (χ1n) is 7.74. The zero-order chi connectivity index (χ0) is 14.3. The Hall–Kier alpha value is -1.26. The maximum Gasteiger partial charge on any atom is 0.315 e. The molecule has 0 saturated heterocycles. The lowest BCUT2D eigenvalue weighted by molar-refractivity contribution is -0.137. The molecule has 20 heavy (non-hydrogen) atoms. The predicted octanol–water partition coefficient (Wildman–Crippen LogP) is 2.12. The highest BCUT2D eigenvalue weighted by molar-refractivity contribution is 5.76. The van der Waals surface area contributed by atoms with Gasteiger partial charge in [-0.2, -0.15) is 0 Å². The molecule has 3 N–H and O–H groups in total. The smallest absolute Gasteiger partial charge is 0.315 e. The van der Waals surface area contributed by atoms with Gasteiger partial charge in [-0.15, -0.1) is 0 Å². The van der Waals surface area contributed by atoms with Crippen LogP contribution >= 0.6 is 0 Å². The Morgan fingerprint density at radius 2 is 1.65 bits per heavy atom. The van der Waals surface area contributed by atoms with E-state index < -0.39 is 5.97 Å². The summed E-state index contributed by atoms with van der Waals surface area (Å²) in [5.74, 6) is 1.49. The number of carboxylic acids is 1. The summed E-state index contributed by atoms with van der Waals surface area (Å²) < 4.78 is 0. The normalized spacial score (nSPS) is 39.4. The topological polar surface area (TPSA) is 78.4 Å². The minimum absolute atomic E-state index is 0.0121. The van der Waals surface area contributed by atoms with Crippen LogP contribution in [0.1, 0.15) is 51.9 Å². The molecule has 0 radical (unpaired) electrons. The zero-order valence-corrected chi connectivity index (χ0v) is 12.0. The highest BCUT2D eigenvalue weighted by Gasteiger charge is 2.51. The summed E-state index contributed by atoms with van der Waals surface area (Å²) in [5.41, 5.74) is -0.0121. The van der Waals surface area contributed by atoms with Crippen LogP contribution in [0.5, 0.6) is 0 Å². The van der Waals surface area contributed by atoms with Crippen LogP contribution in [0.3, 0.4) is 0 Å². The van der Waals surface area contributed by atoms with E-state index in [0.29, 0.717) is 0 Å². The van der Waals surface area contributed by atoms with Crippen molar-refractivity contribution >= 4 is 12.0 Å². The number of hydrogen-bond acceptors (Lipinski definition) is 2. The van der Waals surface area contributed by atoms with Gasteiger partial charge in [-0.25, -0.2) is 4.79 Å². The number of aliphatic carboxylic acids is 1. The SMILES string of the molecule is CC(CC(=O)O)NC(=O)NC12CC3CC(CC(C3)C1)C2. The molecule has 4 saturated carbocycles. The Bertz CT molecular complexity index is 386. The fourth-order valence-electron chi connectivity index (χ4n) is 5.08. The van der Waals surface area contributed by atoms with Crippen molar-refractivity contribution < 1.29 is 14.7 Å². The Labute approximate surface area is 119 Å². The largest absolute Gasteiger partial charge is 0.481 e. The molecule has 4 aliphatic carbocycles. The molecule has 1 atom stereocenters. The van der Waals surface area contributed by atoms with E-state index in [-0.39, 0.29) is 24.0 Å². The van der Waals surface area contributed by atoms with Crippen molar-refractivity contribution in [2.24, 2.45) is 17.8 Å². The first kappa shape index (κ1) is 13.7. The number of urea groups is 1. The van der Waals surface area contributed by atoms with Gasteiger partial charge >= 0.3 is 12.0 Å². The Morgan fingerprint density at radius 3 is 2.10 bits per heavy atom. The molecule has 4 bridgehead atoms. The van der Waals surface area contributed by atoms with E-state index in [0.717, 1.165) is 37.0 Å². The van der Waals surface area contributed by atoms with Gasteiger partial charge < -0.3 is 15.7 Å². The molecule has 4 aliphatic rings. The third-order valence-electron chi connectivity index (χ3n) is 5.28. The summed E-state index contributed by atoms with van der Waals surface area (Å²) in [6, 6.07) is -0.526. The highest BCUT2D eigenvalue weighted by atomic mass is 16.4. The van der Waals surface area contributed by atoms with E-state index in [4.69, 9.17) is 5.11 Å². The average Bonchev–Trinajstić information content (AvgIpc) is 2.23. The van der Waals surface area contributed by atoms with Gasteiger partial charge in [-0.1, -0.05) is 0 Å². The quantitative estimate of drug-likeness (QED) is 0.738. The summed E-state index contributed by atoms with van der Waals surface area (Å²) in [5, 5.41) is 14.7. The van der Waals surface area contributed by atoms with Crippen LogP contribution < -0.4 is 10.6 Å². The highest BCUT2D eigenvalue weighted by Crippen LogP contribution is 2.55. The molecule has 0 aromatic rings. The fourth-order valence-corrected chi connectivity index (χ4v) is 5.08. The molecule has 5 nitrogen and oxygen atoms in total. The van der Waals surface area contributed by atoms with Gasteiger partial charge in [-0.05, 0) is 63.2 Å². The van der Waals surface area contributed by atoms with E-state index in [1.54, 1.807) is 6.92 Å². The summed E-state index contributed by atoms with van der Waals surface area (Å²) in [6.45, 7) is 1.73. The number of amides is 2. The first-order valence-corrected chi connectivity index (χ1v) is 7.74. The molecule has 0 aromatic carbocycles. The molecule has 112 valence electrons. The predicted molar refractivity (Wildman–Crippen MR) is 74.3 cm³/mol. The summed E-state index contributed by atoms with van der Waals surface area (Å²) >= 11 is 0. The van der Waals surface area contributed by atoms with Gasteiger partial charge in [0.1, 0.15) is 0 Å². The van der Waals surface area contributed by atoms with Gasteiger partial charge in [-0.3, -0.25) is 4.79 Å². The van der Waals surface area contributed by atoms with Gasteiger partial charge in [0.2, 0.25) is 0 Å². The molecule has 0 aromatic heterocycles. The lowest BCUT2D eigenvalue weighted by Crippen LogP contribution is -2.62. The van der Waals surface area contributed by atoms with Crippen molar-refractivity contribution in [1.29, 1.82) is 0 Å². The Morgan fingerprint density at radius 1 is 1.15 bits per heavy atom. The second-order valence-corrected chi connectivity index (χ2v) is 7.30. The molecule has 5 heteroatoms. The van der Waals surface area contributed by atoms with Crippen molar-refractivity contribution in [3.63, 3.8) is 0 Å². The molecule has 2 amide bonds. The minimum Gasteiger partial charge on any atom is -0.481 e. The summed E-state index contributed by atoms with van der Waals surface area (Å²) in [7, 11) is 0. The Balaban J connectivity index is 1.57. The number of rotatable bonds is 4. The zero-order valence-electron chi connectivity index (χ0n) is 12.0. The minimum atomic E-state index is -0.882. The van der Waals surface area contributed by atoms with Gasteiger partial charge in [0.25, 0.3) is 0 Å². The van der Waals surface area contributed by atoms with Crippen molar-refractivity contribution in [1.82, 2.24) is 10.6 Å². The van der Waals surface area contributed by atoms with E-state index >= 15 is 0 Å². The molecule has 4 fully saturated rings. The van der Waals surface area contributed by atoms with Crippen molar-refractivity contribution in [2.75, 3.05) is 0 Å². The third kappa shape index (κ3) is 2.76. The van der Waals surface area contributed by atoms with Crippen molar-refractivity contribution in [3.05, 3.63) is 0 Å². The van der Waals surface area contributed by atoms with Crippen LogP contribution in [0.25, 0.3) is 0 Å². The van der Waals surface area contributed by atoms with E-state index in [1.807, 2.05) is 0 Å². The van der Waals surface area contributed by atoms with E-state index in [9.17, 15) is 9.59 Å². The second kappa shape index (κ2) is 4.93. The van der Waals surface area contributed by atoms with E-state index in [1.165, 1.54) is 19.3 Å². The van der Waals surface area contributed by atoms with Crippen LogP contribution in [0, 0.1) is 17.8 Å². The molecule has 0 aliphatic heterocycles. The Kier molecular flexibility index (Phi) is 3.38. The molecule has 1 unspecified atom stereocenters. The lowest BCUT2D eigenvalue weighted by atomic mass is 9.53. The van der Waals surface area contributed by atoms with Crippen LogP contribution in [0.15, 0.2) is 0 Å². The maximum atomic E-state index is 12.1. The summed E-state index contributed by atoms with van der Waals surface area (Å²) in [4.78, 5) is 22.7. The van der Waals surface area contributed by atoms with Gasteiger partial charge in [0.15, 0.2) is 0 Å². The van der Waals surface area contributed by atoms with Crippen LogP contribution in [0.4, 0.5) is 4.79 Å². The lowest BCUT2D eigenvalue weighted by Gasteiger charge is -2.56. The molecule has 0 heterocycles. The maximum absolute atomic E-state index is 12.1. The van der Waals surface area contributed by atoms with Crippen molar-refractivity contribution in [2.45, 2.75) is 63.5 Å². The standard InChI is InChI=1S/C15H24N2O3/c1-9(2-13(18)19)16-14(20)17-15-6-10-3-11(7-15)5-12(4-10)8-15/h9-12H,2-8H2,1H3,(H,18,19)(H2,16,17,20). The van der Waals surface area contributed by atoms with Crippen LogP contribution in [-0.2, 0) is 4.79 Å². The molecular weight excluding hydrogens is 256 g/mol. The monoisotopic (exact) mass is 280 g/mol. The second-order valence-electron chi connectivity index (χ2n) is 7.30. The van der Waals surface area contributed by atoms with Gasteiger partial charge in [0, 0.05) is 11.6 Å². The number of carboxylic acid groups (broad SMARTS) is 1. The number of carbonyl (C=O) groups excluding carboxylic acids is 1. The first-order chi connectivity index (χ1) is 9.44. The van der Waals surface area contributed by atoms with Gasteiger partial charge in [0.05, 0.1) is 6.42 Å². The third-order valence-corrected chi connectivity index (χ3v) is 5.28. The number of hydrogen-bond donors (Lipinski definition) is 3. The van der Waals surface area contributed by atoms with Crippen molar-refractivity contribution in [3.8, 4) is 0 Å².